The fourth-order valence-corrected chi connectivity index (χ4v) is 1.68. The van der Waals surface area contributed by atoms with Gasteiger partial charge < -0.3 is 4.74 Å². The van der Waals surface area contributed by atoms with Gasteiger partial charge in [0.05, 0.1) is 0 Å². The van der Waals surface area contributed by atoms with Gasteiger partial charge in [0.1, 0.15) is 12.2 Å². The number of ether oxygens (including phenoxy) is 1. The van der Waals surface area contributed by atoms with Crippen molar-refractivity contribution in [3.05, 3.63) is 0 Å². The molecule has 1 fully saturated rings. The summed E-state index contributed by atoms with van der Waals surface area (Å²) in [5, 5.41) is 0. The first-order chi connectivity index (χ1) is 6.56. The van der Waals surface area contributed by atoms with Gasteiger partial charge in [0.2, 0.25) is 0 Å². The van der Waals surface area contributed by atoms with Crippen LogP contribution in [-0.4, -0.2) is 23.8 Å². The topological polar surface area (TPSA) is 43.4 Å². The zero-order valence-electron chi connectivity index (χ0n) is 9.08. The Labute approximate surface area is 84.8 Å². The number of carbonyl (C=O) groups excluding carboxylic acids is 2. The molecule has 0 saturated carbocycles. The highest BCUT2D eigenvalue weighted by molar-refractivity contribution is 5.87. The maximum absolute atomic E-state index is 11.6. The number of Topliss-reactive ketones (excluding diaryl/α,β-unsaturated/α-hetero) is 2. The molecule has 2 atom stereocenters. The van der Waals surface area contributed by atoms with Crippen LogP contribution in [0.1, 0.15) is 40.0 Å². The number of rotatable bonds is 4. The fraction of sp³-hybridized carbons (Fsp3) is 0.818. The molecule has 0 amide bonds. The van der Waals surface area contributed by atoms with Crippen molar-refractivity contribution < 1.29 is 14.3 Å². The van der Waals surface area contributed by atoms with Crippen LogP contribution < -0.4 is 0 Å². The summed E-state index contributed by atoms with van der Waals surface area (Å²) in [6, 6.07) is 0. The molecule has 0 aromatic carbocycles. The number of hydrogen-bond acceptors (Lipinski definition) is 3. The zero-order chi connectivity index (χ0) is 10.7. The van der Waals surface area contributed by atoms with E-state index < -0.39 is 0 Å². The van der Waals surface area contributed by atoms with Crippen molar-refractivity contribution in [2.24, 2.45) is 5.92 Å². The molecular weight excluding hydrogens is 180 g/mol. The van der Waals surface area contributed by atoms with Crippen LogP contribution in [0.4, 0.5) is 0 Å². The second-order valence-corrected chi connectivity index (χ2v) is 4.07. The van der Waals surface area contributed by atoms with Crippen LogP contribution in [0.5, 0.6) is 0 Å². The molecule has 1 aliphatic heterocycles. The molecule has 3 nitrogen and oxygen atoms in total. The lowest BCUT2D eigenvalue weighted by Gasteiger charge is -2.13. The molecule has 0 aromatic heterocycles. The monoisotopic (exact) mass is 198 g/mol. The normalized spacial score (nSPS) is 26.9. The lowest BCUT2D eigenvalue weighted by molar-refractivity contribution is -0.138. The quantitative estimate of drug-likeness (QED) is 0.691. The molecule has 2 unspecified atom stereocenters. The van der Waals surface area contributed by atoms with Crippen molar-refractivity contribution in [1.82, 2.24) is 0 Å². The van der Waals surface area contributed by atoms with E-state index in [-0.39, 0.29) is 29.7 Å². The van der Waals surface area contributed by atoms with Crippen LogP contribution in [0.15, 0.2) is 0 Å². The number of hydrogen-bond donors (Lipinski definition) is 0. The largest absolute Gasteiger partial charge is 0.359 e. The van der Waals surface area contributed by atoms with E-state index in [1.807, 2.05) is 20.8 Å². The first kappa shape index (κ1) is 11.4. The molecule has 1 aliphatic rings. The molecule has 14 heavy (non-hydrogen) atoms. The van der Waals surface area contributed by atoms with Crippen molar-refractivity contribution in [3.63, 3.8) is 0 Å². The first-order valence-electron chi connectivity index (χ1n) is 5.28. The summed E-state index contributed by atoms with van der Waals surface area (Å²) in [5.41, 5.74) is 0. The lowest BCUT2D eigenvalue weighted by atomic mass is 10.0. The summed E-state index contributed by atoms with van der Waals surface area (Å²) in [5.74, 6) is 0.232. The summed E-state index contributed by atoms with van der Waals surface area (Å²) >= 11 is 0. The molecule has 0 aromatic rings. The minimum Gasteiger partial charge on any atom is -0.359 e. The Hall–Kier alpha value is -0.700. The van der Waals surface area contributed by atoms with E-state index in [0.29, 0.717) is 19.3 Å². The van der Waals surface area contributed by atoms with Crippen LogP contribution in [-0.2, 0) is 14.3 Å². The van der Waals surface area contributed by atoms with Crippen molar-refractivity contribution in [1.29, 1.82) is 0 Å². The Morgan fingerprint density at radius 1 is 1.29 bits per heavy atom. The lowest BCUT2D eigenvalue weighted by Crippen LogP contribution is -2.27. The van der Waals surface area contributed by atoms with Gasteiger partial charge in [0.15, 0.2) is 11.6 Å². The van der Waals surface area contributed by atoms with Gasteiger partial charge in [-0.05, 0) is 12.8 Å². The van der Waals surface area contributed by atoms with Crippen LogP contribution in [0.3, 0.4) is 0 Å². The van der Waals surface area contributed by atoms with Crippen molar-refractivity contribution in [2.75, 3.05) is 0 Å². The minimum atomic E-state index is -0.338. The molecule has 1 rings (SSSR count). The number of carbonyl (C=O) groups is 2. The van der Waals surface area contributed by atoms with Crippen molar-refractivity contribution >= 4 is 11.6 Å². The summed E-state index contributed by atoms with van der Waals surface area (Å²) in [4.78, 5) is 22.9. The van der Waals surface area contributed by atoms with Gasteiger partial charge in [-0.3, -0.25) is 9.59 Å². The van der Waals surface area contributed by atoms with E-state index in [2.05, 4.69) is 0 Å². The van der Waals surface area contributed by atoms with Crippen molar-refractivity contribution in [3.8, 4) is 0 Å². The van der Waals surface area contributed by atoms with E-state index in [9.17, 15) is 9.59 Å². The maximum atomic E-state index is 11.6. The van der Waals surface area contributed by atoms with Crippen LogP contribution in [0.2, 0.25) is 0 Å². The SMILES string of the molecule is CCC(=O)C1CCC(C(=O)C(C)C)O1. The molecule has 3 heteroatoms. The summed E-state index contributed by atoms with van der Waals surface area (Å²) < 4.78 is 5.44. The average Bonchev–Trinajstić information content (AvgIpc) is 2.64. The van der Waals surface area contributed by atoms with Gasteiger partial charge in [-0.2, -0.15) is 0 Å². The molecule has 0 spiro atoms. The third-order valence-electron chi connectivity index (χ3n) is 2.61. The van der Waals surface area contributed by atoms with Crippen molar-refractivity contribution in [2.45, 2.75) is 52.2 Å². The maximum Gasteiger partial charge on any atom is 0.164 e. The molecule has 0 bridgehead atoms. The van der Waals surface area contributed by atoms with E-state index in [4.69, 9.17) is 4.74 Å². The third kappa shape index (κ3) is 2.41. The zero-order valence-corrected chi connectivity index (χ0v) is 9.08. The van der Waals surface area contributed by atoms with Crippen LogP contribution in [0, 0.1) is 5.92 Å². The average molecular weight is 198 g/mol. The second-order valence-electron chi connectivity index (χ2n) is 4.07. The Bertz CT molecular complexity index is 233. The predicted octanol–water partition coefficient (Wildman–Crippen LogP) is 1.74. The van der Waals surface area contributed by atoms with Gasteiger partial charge in [0, 0.05) is 12.3 Å². The Kier molecular flexibility index (Phi) is 3.81. The highest BCUT2D eigenvalue weighted by atomic mass is 16.5. The molecular formula is C11H18O3. The molecule has 1 saturated heterocycles. The van der Waals surface area contributed by atoms with E-state index >= 15 is 0 Å². The van der Waals surface area contributed by atoms with Gasteiger partial charge in [-0.15, -0.1) is 0 Å². The highest BCUT2D eigenvalue weighted by Crippen LogP contribution is 2.23. The molecule has 80 valence electrons. The fourth-order valence-electron chi connectivity index (χ4n) is 1.68. The van der Waals surface area contributed by atoms with E-state index in [1.54, 1.807) is 0 Å². The van der Waals surface area contributed by atoms with E-state index in [1.165, 1.54) is 0 Å². The Balaban J connectivity index is 2.49. The molecule has 0 aliphatic carbocycles. The smallest absolute Gasteiger partial charge is 0.164 e. The van der Waals surface area contributed by atoms with Crippen LogP contribution in [0.25, 0.3) is 0 Å². The van der Waals surface area contributed by atoms with Gasteiger partial charge in [0.25, 0.3) is 0 Å². The van der Waals surface area contributed by atoms with Gasteiger partial charge in [-0.25, -0.2) is 0 Å². The third-order valence-corrected chi connectivity index (χ3v) is 2.61. The highest BCUT2D eigenvalue weighted by Gasteiger charge is 2.34. The van der Waals surface area contributed by atoms with Gasteiger partial charge >= 0.3 is 0 Å². The second kappa shape index (κ2) is 4.69. The first-order valence-corrected chi connectivity index (χ1v) is 5.28. The van der Waals surface area contributed by atoms with Gasteiger partial charge in [-0.1, -0.05) is 20.8 Å². The van der Waals surface area contributed by atoms with E-state index in [0.717, 1.165) is 0 Å². The predicted molar refractivity (Wildman–Crippen MR) is 53.0 cm³/mol. The molecule has 1 heterocycles. The molecule has 0 radical (unpaired) electrons. The summed E-state index contributed by atoms with van der Waals surface area (Å²) in [6.45, 7) is 5.55. The summed E-state index contributed by atoms with van der Waals surface area (Å²) in [6.07, 6.45) is 1.24. The van der Waals surface area contributed by atoms with Crippen LogP contribution >= 0.6 is 0 Å². The molecule has 0 N–H and O–H groups in total. The standard InChI is InChI=1S/C11H18O3/c1-4-8(12)9-5-6-10(14-9)11(13)7(2)3/h7,9-10H,4-6H2,1-3H3. The number of ketones is 2. The Morgan fingerprint density at radius 3 is 2.36 bits per heavy atom. The Morgan fingerprint density at radius 2 is 1.86 bits per heavy atom. The summed E-state index contributed by atoms with van der Waals surface area (Å²) in [7, 11) is 0. The minimum absolute atomic E-state index is 0.00419.